The van der Waals surface area contributed by atoms with Crippen LogP contribution in [0, 0.1) is 0 Å². The molecule has 12 nitrogen and oxygen atoms in total. The quantitative estimate of drug-likeness (QED) is 0.0941. The number of hydrogen-bond donors (Lipinski definition) is 5. The van der Waals surface area contributed by atoms with Crippen LogP contribution in [0.15, 0.2) is 16.4 Å². The second-order valence-corrected chi connectivity index (χ2v) is 8.00. The molecule has 1 aliphatic heterocycles. The molecule has 0 saturated heterocycles. The van der Waals surface area contributed by atoms with Gasteiger partial charge in [0.15, 0.2) is 12.1 Å². The van der Waals surface area contributed by atoms with Gasteiger partial charge in [-0.05, 0) is 13.3 Å². The summed E-state index contributed by atoms with van der Waals surface area (Å²) in [6, 6.07) is 0. The molecule has 1 amide bonds. The molecule has 194 valence electrons. The zero-order valence-electron chi connectivity index (χ0n) is 20.1. The van der Waals surface area contributed by atoms with Crippen molar-refractivity contribution in [2.45, 2.75) is 90.1 Å². The number of nitrogens with two attached hydrogens (primary N) is 2. The fourth-order valence-corrected chi connectivity index (χ4v) is 3.54. The molecule has 0 aliphatic carbocycles. The molecule has 1 aliphatic rings. The number of amides is 1. The number of aliphatic hydroxyl groups is 1. The van der Waals surface area contributed by atoms with E-state index in [1.54, 1.807) is 6.92 Å². The van der Waals surface area contributed by atoms with E-state index in [-0.39, 0.29) is 36.8 Å². The SMILES string of the molecule is CCCCCCCC(=O)OCC(O)C(OCC)C1O[C@H](C(=O)O)CC(N=C(N)N)=C1NC(C)=O. The summed E-state index contributed by atoms with van der Waals surface area (Å²) in [7, 11) is 0. The van der Waals surface area contributed by atoms with Crippen LogP contribution in [0.2, 0.25) is 0 Å². The summed E-state index contributed by atoms with van der Waals surface area (Å²) in [5.41, 5.74) is 11.1. The van der Waals surface area contributed by atoms with Crippen molar-refractivity contribution in [1.82, 2.24) is 5.32 Å². The van der Waals surface area contributed by atoms with Gasteiger partial charge in [0.1, 0.15) is 24.9 Å². The molecule has 0 fully saturated rings. The molecule has 1 heterocycles. The van der Waals surface area contributed by atoms with E-state index >= 15 is 0 Å². The Morgan fingerprint density at radius 3 is 2.44 bits per heavy atom. The summed E-state index contributed by atoms with van der Waals surface area (Å²) in [4.78, 5) is 39.5. The van der Waals surface area contributed by atoms with Crippen molar-refractivity contribution in [2.24, 2.45) is 16.5 Å². The highest BCUT2D eigenvalue weighted by molar-refractivity contribution is 5.79. The molecule has 0 saturated carbocycles. The van der Waals surface area contributed by atoms with Gasteiger partial charge in [0.05, 0.1) is 11.4 Å². The van der Waals surface area contributed by atoms with Crippen molar-refractivity contribution in [3.63, 3.8) is 0 Å². The van der Waals surface area contributed by atoms with E-state index in [1.807, 2.05) is 0 Å². The molecule has 0 aromatic carbocycles. The monoisotopic (exact) mass is 486 g/mol. The molecule has 0 bridgehead atoms. The molecule has 3 unspecified atom stereocenters. The van der Waals surface area contributed by atoms with Crippen LogP contribution in [0.4, 0.5) is 0 Å². The van der Waals surface area contributed by atoms with Gasteiger partial charge in [-0.15, -0.1) is 0 Å². The van der Waals surface area contributed by atoms with E-state index in [4.69, 9.17) is 25.7 Å². The van der Waals surface area contributed by atoms with Crippen LogP contribution < -0.4 is 16.8 Å². The lowest BCUT2D eigenvalue weighted by molar-refractivity contribution is -0.173. The number of carbonyl (C=O) groups is 3. The zero-order chi connectivity index (χ0) is 25.7. The van der Waals surface area contributed by atoms with Gasteiger partial charge in [0, 0.05) is 26.4 Å². The molecule has 1 rings (SSSR count). The van der Waals surface area contributed by atoms with Crippen LogP contribution in [0.5, 0.6) is 0 Å². The van der Waals surface area contributed by atoms with Crippen molar-refractivity contribution < 1.29 is 38.8 Å². The maximum Gasteiger partial charge on any atom is 0.333 e. The van der Waals surface area contributed by atoms with Gasteiger partial charge in [0.2, 0.25) is 5.91 Å². The first-order valence-corrected chi connectivity index (χ1v) is 11.5. The van der Waals surface area contributed by atoms with Crippen LogP contribution in [0.3, 0.4) is 0 Å². The molecule has 0 spiro atoms. The zero-order valence-corrected chi connectivity index (χ0v) is 20.1. The summed E-state index contributed by atoms with van der Waals surface area (Å²) in [5.74, 6) is -2.57. The number of aliphatic hydroxyl groups excluding tert-OH is 1. The Balaban J connectivity index is 3.06. The smallest absolute Gasteiger partial charge is 0.333 e. The first kappa shape index (κ1) is 29.3. The van der Waals surface area contributed by atoms with E-state index < -0.39 is 48.9 Å². The number of ether oxygens (including phenoxy) is 3. The summed E-state index contributed by atoms with van der Waals surface area (Å²) >= 11 is 0. The number of rotatable bonds is 15. The normalized spacial score (nSPS) is 19.8. The third-order valence-corrected chi connectivity index (χ3v) is 5.07. The Kier molecular flexibility index (Phi) is 13.2. The van der Waals surface area contributed by atoms with Gasteiger partial charge in [-0.25, -0.2) is 9.79 Å². The van der Waals surface area contributed by atoms with Gasteiger partial charge in [-0.3, -0.25) is 9.59 Å². The third-order valence-electron chi connectivity index (χ3n) is 5.07. The highest BCUT2D eigenvalue weighted by atomic mass is 16.6. The van der Waals surface area contributed by atoms with E-state index in [1.165, 1.54) is 6.92 Å². The summed E-state index contributed by atoms with van der Waals surface area (Å²) in [6.07, 6.45) is -0.328. The van der Waals surface area contributed by atoms with Gasteiger partial charge in [-0.1, -0.05) is 32.6 Å². The molecule has 34 heavy (non-hydrogen) atoms. The Labute approximate surface area is 199 Å². The van der Waals surface area contributed by atoms with Crippen LogP contribution in [0.1, 0.15) is 65.7 Å². The number of carboxylic acid groups (broad SMARTS) is 1. The van der Waals surface area contributed by atoms with Crippen LogP contribution in [0.25, 0.3) is 0 Å². The standard InChI is InChI=1S/C22H38N4O8/c1-4-6-7-8-9-10-17(29)33-12-15(28)19(32-5-2)20-18(25-13(3)27)14(26-22(23)24)11-16(34-20)21(30)31/h15-16,19-20,28H,4-12H2,1-3H3,(H,25,27)(H,30,31)(H4,23,24,26)/t15?,16-,19?,20?/m0/s1. The van der Waals surface area contributed by atoms with Gasteiger partial charge in [-0.2, -0.15) is 0 Å². The number of guanidine groups is 1. The maximum atomic E-state index is 12.1. The Bertz CT molecular complexity index is 751. The lowest BCUT2D eigenvalue weighted by atomic mass is 9.97. The average molecular weight is 487 g/mol. The average Bonchev–Trinajstić information content (AvgIpc) is 2.76. The molecule has 0 aromatic rings. The van der Waals surface area contributed by atoms with Gasteiger partial charge in [0.25, 0.3) is 0 Å². The number of esters is 1. The lowest BCUT2D eigenvalue weighted by Gasteiger charge is -2.37. The number of nitrogens with one attached hydrogen (secondary N) is 1. The number of aliphatic imine (C=N–C) groups is 1. The number of unbranched alkanes of at least 4 members (excludes halogenated alkanes) is 4. The number of hydrogen-bond acceptors (Lipinski definition) is 8. The van der Waals surface area contributed by atoms with E-state index in [9.17, 15) is 24.6 Å². The predicted molar refractivity (Wildman–Crippen MR) is 123 cm³/mol. The third kappa shape index (κ3) is 10.1. The van der Waals surface area contributed by atoms with E-state index in [0.717, 1.165) is 25.7 Å². The maximum absolute atomic E-state index is 12.1. The van der Waals surface area contributed by atoms with Crippen molar-refractivity contribution >= 4 is 23.8 Å². The number of aliphatic carboxylic acids is 1. The van der Waals surface area contributed by atoms with Crippen molar-refractivity contribution in [1.29, 1.82) is 0 Å². The Morgan fingerprint density at radius 1 is 1.21 bits per heavy atom. The molecule has 12 heteroatoms. The second-order valence-electron chi connectivity index (χ2n) is 8.00. The second kappa shape index (κ2) is 15.3. The molecule has 0 radical (unpaired) electrons. The molecule has 0 aromatic heterocycles. The molecule has 4 atom stereocenters. The minimum absolute atomic E-state index is 0.0677. The largest absolute Gasteiger partial charge is 0.479 e. The first-order chi connectivity index (χ1) is 16.1. The van der Waals surface area contributed by atoms with Crippen LogP contribution in [-0.2, 0) is 28.6 Å². The van der Waals surface area contributed by atoms with Crippen molar-refractivity contribution in [3.05, 3.63) is 11.4 Å². The van der Waals surface area contributed by atoms with Crippen LogP contribution in [-0.4, -0.2) is 71.6 Å². The van der Waals surface area contributed by atoms with E-state index in [0.29, 0.717) is 6.42 Å². The van der Waals surface area contributed by atoms with E-state index in [2.05, 4.69) is 17.2 Å². The lowest BCUT2D eigenvalue weighted by Crippen LogP contribution is -2.52. The fourth-order valence-electron chi connectivity index (χ4n) is 3.54. The van der Waals surface area contributed by atoms with Crippen molar-refractivity contribution in [3.8, 4) is 0 Å². The Hall–Kier alpha value is -2.70. The summed E-state index contributed by atoms with van der Waals surface area (Å²) in [6.45, 7) is 4.73. The predicted octanol–water partition coefficient (Wildman–Crippen LogP) is 0.519. The molecular weight excluding hydrogens is 448 g/mol. The number of carboxylic acids is 1. The van der Waals surface area contributed by atoms with Crippen LogP contribution >= 0.6 is 0 Å². The minimum Gasteiger partial charge on any atom is -0.479 e. The first-order valence-electron chi connectivity index (χ1n) is 11.5. The van der Waals surface area contributed by atoms with Crippen molar-refractivity contribution in [2.75, 3.05) is 13.2 Å². The van der Waals surface area contributed by atoms with Gasteiger partial charge < -0.3 is 41.2 Å². The summed E-state index contributed by atoms with van der Waals surface area (Å²) in [5, 5.41) is 22.9. The van der Waals surface area contributed by atoms with Gasteiger partial charge >= 0.3 is 11.9 Å². The highest BCUT2D eigenvalue weighted by Crippen LogP contribution is 2.30. The number of nitrogens with zero attached hydrogens (tertiary/aromatic N) is 1. The fraction of sp³-hybridized carbons (Fsp3) is 0.727. The number of carbonyl (C=O) groups excluding carboxylic acids is 2. The topological polar surface area (TPSA) is 196 Å². The molecule has 7 N–H and O–H groups in total. The summed E-state index contributed by atoms with van der Waals surface area (Å²) < 4.78 is 16.5. The molecular formula is C22H38N4O8. The highest BCUT2D eigenvalue weighted by Gasteiger charge is 2.42. The Morgan fingerprint density at radius 2 is 1.88 bits per heavy atom. The minimum atomic E-state index is -1.38.